The number of H-pyrrole nitrogens is 1. The number of nitrogens with one attached hydrogen (secondary N) is 2. The number of aromatic hydroxyl groups is 1. The lowest BCUT2D eigenvalue weighted by atomic mass is 10.1. The largest absolute Gasteiger partial charge is 0.508 e. The Hall–Kier alpha value is -2.49. The molecule has 4 heteroatoms. The van der Waals surface area contributed by atoms with Crippen molar-refractivity contribution in [2.24, 2.45) is 0 Å². The van der Waals surface area contributed by atoms with Gasteiger partial charge in [0.15, 0.2) is 0 Å². The Bertz CT molecular complexity index is 705. The number of phenolic OH excluding ortho intramolecular Hbond substituents is 1. The van der Waals surface area contributed by atoms with Crippen molar-refractivity contribution in [3.05, 3.63) is 54.2 Å². The summed E-state index contributed by atoms with van der Waals surface area (Å²) in [4.78, 5) is 0. The fourth-order valence-corrected chi connectivity index (χ4v) is 2.15. The quantitative estimate of drug-likeness (QED) is 0.670. The van der Waals surface area contributed by atoms with Crippen LogP contribution in [-0.4, -0.2) is 15.3 Å². The number of benzene rings is 2. The highest BCUT2D eigenvalue weighted by molar-refractivity contribution is 5.81. The number of aromatic amines is 1. The molecule has 1 atom stereocenters. The summed E-state index contributed by atoms with van der Waals surface area (Å²) in [6.07, 6.45) is 1.80. The predicted molar refractivity (Wildman–Crippen MR) is 76.2 cm³/mol. The summed E-state index contributed by atoms with van der Waals surface area (Å²) >= 11 is 0. The second-order valence-electron chi connectivity index (χ2n) is 4.63. The lowest BCUT2D eigenvalue weighted by molar-refractivity contribution is 0.474. The number of hydrogen-bond donors (Lipinski definition) is 3. The van der Waals surface area contributed by atoms with E-state index in [9.17, 15) is 5.11 Å². The molecule has 1 aromatic heterocycles. The zero-order chi connectivity index (χ0) is 13.2. The number of nitrogens with zero attached hydrogens (tertiary/aromatic N) is 1. The third kappa shape index (κ3) is 2.38. The lowest BCUT2D eigenvalue weighted by Crippen LogP contribution is -2.06. The van der Waals surface area contributed by atoms with Crippen LogP contribution in [-0.2, 0) is 0 Å². The molecule has 0 bridgehead atoms. The van der Waals surface area contributed by atoms with Crippen molar-refractivity contribution < 1.29 is 5.11 Å². The molecule has 0 spiro atoms. The van der Waals surface area contributed by atoms with Crippen LogP contribution in [0.15, 0.2) is 48.7 Å². The average Bonchev–Trinajstić information content (AvgIpc) is 2.86. The van der Waals surface area contributed by atoms with Gasteiger partial charge in [-0.05, 0) is 42.8 Å². The first-order valence-corrected chi connectivity index (χ1v) is 6.21. The van der Waals surface area contributed by atoms with Crippen LogP contribution in [0.5, 0.6) is 5.75 Å². The summed E-state index contributed by atoms with van der Waals surface area (Å²) in [6.45, 7) is 2.06. The summed E-state index contributed by atoms with van der Waals surface area (Å²) in [7, 11) is 0. The van der Waals surface area contributed by atoms with Gasteiger partial charge in [-0.3, -0.25) is 5.10 Å². The van der Waals surface area contributed by atoms with E-state index in [-0.39, 0.29) is 11.8 Å². The first-order chi connectivity index (χ1) is 9.22. The van der Waals surface area contributed by atoms with Crippen LogP contribution in [0.2, 0.25) is 0 Å². The molecule has 3 rings (SSSR count). The standard InChI is InChI=1S/C15H15N3O/c1-10(11-3-2-4-14(19)7-11)17-13-6-5-12-9-16-18-15(12)8-13/h2-10,17,19H,1H3,(H,16,18). The summed E-state index contributed by atoms with van der Waals surface area (Å²) in [5, 5.41) is 21.0. The van der Waals surface area contributed by atoms with Crippen LogP contribution >= 0.6 is 0 Å². The predicted octanol–water partition coefficient (Wildman–Crippen LogP) is 3.44. The van der Waals surface area contributed by atoms with Crippen molar-refractivity contribution >= 4 is 16.6 Å². The Morgan fingerprint density at radius 2 is 2.11 bits per heavy atom. The Balaban J connectivity index is 1.83. The Kier molecular flexibility index (Phi) is 2.83. The minimum absolute atomic E-state index is 0.118. The number of aromatic nitrogens is 2. The summed E-state index contributed by atoms with van der Waals surface area (Å²) < 4.78 is 0. The highest BCUT2D eigenvalue weighted by Crippen LogP contribution is 2.24. The van der Waals surface area contributed by atoms with E-state index in [1.54, 1.807) is 18.3 Å². The third-order valence-electron chi connectivity index (χ3n) is 3.20. The molecule has 4 nitrogen and oxygen atoms in total. The molecule has 3 aromatic rings. The van der Waals surface area contributed by atoms with Crippen molar-refractivity contribution in [1.29, 1.82) is 0 Å². The van der Waals surface area contributed by atoms with Crippen molar-refractivity contribution in [2.45, 2.75) is 13.0 Å². The topological polar surface area (TPSA) is 60.9 Å². The third-order valence-corrected chi connectivity index (χ3v) is 3.20. The van der Waals surface area contributed by atoms with Gasteiger partial charge in [-0.1, -0.05) is 12.1 Å². The van der Waals surface area contributed by atoms with E-state index in [0.717, 1.165) is 22.2 Å². The van der Waals surface area contributed by atoms with Gasteiger partial charge in [0.25, 0.3) is 0 Å². The minimum atomic E-state index is 0.118. The molecule has 0 aliphatic carbocycles. The first kappa shape index (κ1) is 11.6. The van der Waals surface area contributed by atoms with Gasteiger partial charge in [0, 0.05) is 17.1 Å². The summed E-state index contributed by atoms with van der Waals surface area (Å²) in [5.74, 6) is 0.287. The number of anilines is 1. The fraction of sp³-hybridized carbons (Fsp3) is 0.133. The van der Waals surface area contributed by atoms with Gasteiger partial charge in [-0.25, -0.2) is 0 Å². The second kappa shape index (κ2) is 4.65. The molecule has 0 radical (unpaired) electrons. The van der Waals surface area contributed by atoms with E-state index in [2.05, 4.69) is 22.4 Å². The van der Waals surface area contributed by atoms with Gasteiger partial charge in [0.2, 0.25) is 0 Å². The van der Waals surface area contributed by atoms with E-state index in [0.29, 0.717) is 0 Å². The molecule has 2 aromatic carbocycles. The molecular weight excluding hydrogens is 238 g/mol. The molecule has 19 heavy (non-hydrogen) atoms. The van der Waals surface area contributed by atoms with Crippen LogP contribution in [0.3, 0.4) is 0 Å². The van der Waals surface area contributed by atoms with E-state index in [1.807, 2.05) is 30.3 Å². The van der Waals surface area contributed by atoms with Gasteiger partial charge in [0.1, 0.15) is 5.75 Å². The second-order valence-corrected chi connectivity index (χ2v) is 4.63. The molecule has 0 aliphatic rings. The monoisotopic (exact) mass is 253 g/mol. The van der Waals surface area contributed by atoms with Gasteiger partial charge >= 0.3 is 0 Å². The average molecular weight is 253 g/mol. The summed E-state index contributed by atoms with van der Waals surface area (Å²) in [6, 6.07) is 13.5. The number of rotatable bonds is 3. The van der Waals surface area contributed by atoms with E-state index in [4.69, 9.17) is 0 Å². The van der Waals surface area contributed by atoms with Gasteiger partial charge in [-0.2, -0.15) is 5.10 Å². The van der Waals surface area contributed by atoms with E-state index in [1.165, 1.54) is 0 Å². The maximum absolute atomic E-state index is 9.50. The van der Waals surface area contributed by atoms with Gasteiger partial charge in [-0.15, -0.1) is 0 Å². The minimum Gasteiger partial charge on any atom is -0.508 e. The van der Waals surface area contributed by atoms with Crippen LogP contribution in [0.25, 0.3) is 10.9 Å². The van der Waals surface area contributed by atoms with Crippen LogP contribution in [0.1, 0.15) is 18.5 Å². The molecule has 3 N–H and O–H groups in total. The number of fused-ring (bicyclic) bond motifs is 1. The smallest absolute Gasteiger partial charge is 0.115 e. The normalized spacial score (nSPS) is 12.5. The maximum atomic E-state index is 9.50. The molecule has 0 fully saturated rings. The summed E-state index contributed by atoms with van der Waals surface area (Å²) in [5.41, 5.74) is 3.07. The molecule has 0 saturated carbocycles. The van der Waals surface area contributed by atoms with Crippen LogP contribution in [0.4, 0.5) is 5.69 Å². The van der Waals surface area contributed by atoms with Crippen molar-refractivity contribution in [1.82, 2.24) is 10.2 Å². The molecule has 0 amide bonds. The molecule has 0 aliphatic heterocycles. The SMILES string of the molecule is CC(Nc1ccc2cn[nH]c2c1)c1cccc(O)c1. The van der Waals surface area contributed by atoms with Crippen molar-refractivity contribution in [2.75, 3.05) is 5.32 Å². The molecule has 0 saturated heterocycles. The van der Waals surface area contributed by atoms with Gasteiger partial charge in [0.05, 0.1) is 11.7 Å². The van der Waals surface area contributed by atoms with E-state index >= 15 is 0 Å². The van der Waals surface area contributed by atoms with Crippen LogP contribution in [0, 0.1) is 0 Å². The Labute approximate surface area is 111 Å². The number of hydrogen-bond acceptors (Lipinski definition) is 3. The maximum Gasteiger partial charge on any atom is 0.115 e. The van der Waals surface area contributed by atoms with E-state index < -0.39 is 0 Å². The molecule has 1 unspecified atom stereocenters. The van der Waals surface area contributed by atoms with Crippen LogP contribution < -0.4 is 5.32 Å². The van der Waals surface area contributed by atoms with Crippen molar-refractivity contribution in [3.8, 4) is 5.75 Å². The van der Waals surface area contributed by atoms with Gasteiger partial charge < -0.3 is 10.4 Å². The van der Waals surface area contributed by atoms with Crippen molar-refractivity contribution in [3.63, 3.8) is 0 Å². The zero-order valence-electron chi connectivity index (χ0n) is 10.6. The first-order valence-electron chi connectivity index (χ1n) is 6.21. The Morgan fingerprint density at radius 3 is 2.95 bits per heavy atom. The Morgan fingerprint density at radius 1 is 1.21 bits per heavy atom. The highest BCUT2D eigenvalue weighted by Gasteiger charge is 2.06. The molecule has 1 heterocycles. The highest BCUT2D eigenvalue weighted by atomic mass is 16.3. The molecule has 96 valence electrons. The number of phenols is 1. The molecular formula is C15H15N3O. The lowest BCUT2D eigenvalue weighted by Gasteiger charge is -2.16. The fourth-order valence-electron chi connectivity index (χ4n) is 2.15. The zero-order valence-corrected chi connectivity index (χ0v) is 10.6.